The lowest BCUT2D eigenvalue weighted by molar-refractivity contribution is -0.116. The maximum absolute atomic E-state index is 14.4. The quantitative estimate of drug-likeness (QED) is 0.308. The minimum Gasteiger partial charge on any atom is -0.496 e. The van der Waals surface area contributed by atoms with Gasteiger partial charge in [-0.25, -0.2) is 18.7 Å². The summed E-state index contributed by atoms with van der Waals surface area (Å²) in [6.07, 6.45) is 2.26. The van der Waals surface area contributed by atoms with Gasteiger partial charge in [0.2, 0.25) is 0 Å². The van der Waals surface area contributed by atoms with Crippen LogP contribution in [-0.2, 0) is 16.0 Å². The Bertz CT molecular complexity index is 1200. The van der Waals surface area contributed by atoms with Gasteiger partial charge in [0.15, 0.2) is 11.6 Å². The van der Waals surface area contributed by atoms with Gasteiger partial charge < -0.3 is 19.7 Å². The third kappa shape index (κ3) is 6.69. The number of Topliss-reactive ketones (excluding diaryl/α,β-unsaturated/α-hetero) is 1. The summed E-state index contributed by atoms with van der Waals surface area (Å²) in [6, 6.07) is 7.50. The smallest absolute Gasteiger partial charge is 0.195 e. The van der Waals surface area contributed by atoms with E-state index in [0.717, 1.165) is 6.08 Å². The molecule has 10 heteroatoms. The molecule has 1 heterocycles. The number of ether oxygens (including phenoxy) is 2. The Labute approximate surface area is 201 Å². The molecule has 2 aromatic carbocycles. The van der Waals surface area contributed by atoms with Crippen molar-refractivity contribution in [2.24, 2.45) is 0 Å². The minimum absolute atomic E-state index is 0.00239. The van der Waals surface area contributed by atoms with E-state index in [4.69, 9.17) is 21.1 Å². The summed E-state index contributed by atoms with van der Waals surface area (Å²) in [5.41, 5.74) is 1.53. The zero-order valence-corrected chi connectivity index (χ0v) is 19.8. The number of hydrogen-bond donors (Lipinski definition) is 1. The maximum atomic E-state index is 14.4. The molecule has 1 aromatic heterocycles. The number of anilines is 2. The number of aromatic nitrogens is 2. The molecule has 0 aliphatic carbocycles. The van der Waals surface area contributed by atoms with Gasteiger partial charge in [-0.3, -0.25) is 4.79 Å². The average molecular weight is 491 g/mol. The number of allylic oxidation sites excluding steroid dienone is 1. The molecule has 1 N–H and O–H groups in total. The highest BCUT2D eigenvalue weighted by Gasteiger charge is 2.16. The summed E-state index contributed by atoms with van der Waals surface area (Å²) >= 11 is 5.86. The van der Waals surface area contributed by atoms with Crippen molar-refractivity contribution in [1.82, 2.24) is 14.9 Å². The van der Waals surface area contributed by atoms with Gasteiger partial charge in [-0.15, -0.1) is 0 Å². The van der Waals surface area contributed by atoms with Crippen LogP contribution in [0.25, 0.3) is 10.9 Å². The molecule has 0 aliphatic rings. The molecule has 0 bridgehead atoms. The van der Waals surface area contributed by atoms with Crippen molar-refractivity contribution in [3.63, 3.8) is 0 Å². The lowest BCUT2D eigenvalue weighted by Crippen LogP contribution is -2.18. The van der Waals surface area contributed by atoms with Crippen molar-refractivity contribution in [3.8, 4) is 5.75 Å². The number of nitrogens with zero attached hydrogens (tertiary/aromatic N) is 3. The summed E-state index contributed by atoms with van der Waals surface area (Å²) in [5, 5.41) is 3.60. The first kappa shape index (κ1) is 25.5. The zero-order chi connectivity index (χ0) is 24.7. The minimum atomic E-state index is -0.879. The first-order valence-electron chi connectivity index (χ1n) is 10.4. The number of carbonyl (C=O) groups is 1. The highest BCUT2D eigenvalue weighted by Crippen LogP contribution is 2.31. The fourth-order valence-corrected chi connectivity index (χ4v) is 3.28. The molecule has 0 spiro atoms. The number of methoxy groups -OCH3 is 1. The second kappa shape index (κ2) is 11.8. The first-order valence-corrected chi connectivity index (χ1v) is 10.8. The standard InChI is InChI=1S/C24H25ClF2N4O3/c1-31(2)7-9-34-8-6-20(27)22(32)11-15-10-17-21(13-23(15)33-3)28-14-29-24(17)30-16-4-5-19(26)18(25)12-16/h4-6,10,12-14H,7-9,11H2,1-3H3,(H,28,29,30). The van der Waals surface area contributed by atoms with Crippen molar-refractivity contribution < 1.29 is 23.0 Å². The van der Waals surface area contributed by atoms with Gasteiger partial charge in [0.05, 0.1) is 30.9 Å². The molecule has 0 aliphatic heterocycles. The molecule has 3 aromatic rings. The molecule has 0 fully saturated rings. The molecule has 0 atom stereocenters. The molecule has 0 radical (unpaired) electrons. The number of fused-ring (bicyclic) bond motifs is 1. The Balaban J connectivity index is 1.82. The van der Waals surface area contributed by atoms with Crippen molar-refractivity contribution in [2.75, 3.05) is 46.3 Å². The topological polar surface area (TPSA) is 76.6 Å². The Morgan fingerprint density at radius 3 is 2.74 bits per heavy atom. The van der Waals surface area contributed by atoms with Crippen LogP contribution < -0.4 is 10.1 Å². The second-order valence-corrected chi connectivity index (χ2v) is 8.09. The number of halogens is 3. The summed E-state index contributed by atoms with van der Waals surface area (Å²) in [4.78, 5) is 22.9. The van der Waals surface area contributed by atoms with Crippen LogP contribution in [0.15, 0.2) is 48.6 Å². The van der Waals surface area contributed by atoms with Crippen molar-refractivity contribution in [2.45, 2.75) is 6.42 Å². The van der Waals surface area contributed by atoms with Gasteiger partial charge in [0, 0.05) is 35.7 Å². The number of likely N-dealkylation sites (N-methyl/N-ethyl adjacent to an activating group) is 1. The van der Waals surface area contributed by atoms with E-state index in [1.807, 2.05) is 19.0 Å². The molecule has 3 rings (SSSR count). The van der Waals surface area contributed by atoms with Crippen molar-refractivity contribution >= 4 is 39.8 Å². The van der Waals surface area contributed by atoms with Gasteiger partial charge in [-0.1, -0.05) is 11.6 Å². The second-order valence-electron chi connectivity index (χ2n) is 7.69. The number of benzene rings is 2. The average Bonchev–Trinajstić information content (AvgIpc) is 2.80. The number of nitrogens with one attached hydrogen (secondary N) is 1. The van der Waals surface area contributed by atoms with Crippen LogP contribution >= 0.6 is 11.6 Å². The van der Waals surface area contributed by atoms with Crippen LogP contribution in [0, 0.1) is 5.82 Å². The lowest BCUT2D eigenvalue weighted by atomic mass is 10.0. The van der Waals surface area contributed by atoms with Crippen LogP contribution in [0.1, 0.15) is 5.56 Å². The van der Waals surface area contributed by atoms with E-state index in [2.05, 4.69) is 15.3 Å². The Kier molecular flexibility index (Phi) is 8.86. The predicted molar refractivity (Wildman–Crippen MR) is 128 cm³/mol. The fraction of sp³-hybridized carbons (Fsp3) is 0.292. The lowest BCUT2D eigenvalue weighted by Gasteiger charge is -2.13. The largest absolute Gasteiger partial charge is 0.496 e. The molecule has 0 amide bonds. The number of ketones is 1. The van der Waals surface area contributed by atoms with Crippen molar-refractivity contribution in [3.05, 3.63) is 65.0 Å². The fourth-order valence-electron chi connectivity index (χ4n) is 3.10. The molecule has 34 heavy (non-hydrogen) atoms. The molecular weight excluding hydrogens is 466 g/mol. The van der Waals surface area contributed by atoms with E-state index >= 15 is 0 Å². The van der Waals surface area contributed by atoms with Crippen LogP contribution in [0.5, 0.6) is 5.75 Å². The number of rotatable bonds is 11. The summed E-state index contributed by atoms with van der Waals surface area (Å²) in [5.74, 6) is -1.32. The highest BCUT2D eigenvalue weighted by molar-refractivity contribution is 6.31. The molecule has 0 saturated carbocycles. The van der Waals surface area contributed by atoms with E-state index in [9.17, 15) is 13.6 Å². The molecule has 7 nitrogen and oxygen atoms in total. The van der Waals surface area contributed by atoms with Gasteiger partial charge >= 0.3 is 0 Å². The zero-order valence-electron chi connectivity index (χ0n) is 19.1. The monoisotopic (exact) mass is 490 g/mol. The van der Waals surface area contributed by atoms with Gasteiger partial charge in [0.25, 0.3) is 0 Å². The Morgan fingerprint density at radius 1 is 1.24 bits per heavy atom. The van der Waals surface area contributed by atoms with E-state index in [-0.39, 0.29) is 18.1 Å². The van der Waals surface area contributed by atoms with E-state index in [0.29, 0.717) is 46.9 Å². The molecule has 0 unspecified atom stereocenters. The molecule has 180 valence electrons. The van der Waals surface area contributed by atoms with Crippen LogP contribution in [-0.4, -0.2) is 61.6 Å². The van der Waals surface area contributed by atoms with E-state index < -0.39 is 17.4 Å². The summed E-state index contributed by atoms with van der Waals surface area (Å²) in [6.45, 7) is 1.13. The maximum Gasteiger partial charge on any atom is 0.195 e. The summed E-state index contributed by atoms with van der Waals surface area (Å²) < 4.78 is 38.5. The van der Waals surface area contributed by atoms with E-state index in [1.165, 1.54) is 31.6 Å². The Morgan fingerprint density at radius 2 is 2.03 bits per heavy atom. The van der Waals surface area contributed by atoms with E-state index in [1.54, 1.807) is 12.1 Å². The third-order valence-corrected chi connectivity index (χ3v) is 5.19. The van der Waals surface area contributed by atoms with Crippen LogP contribution in [0.3, 0.4) is 0 Å². The van der Waals surface area contributed by atoms with Gasteiger partial charge in [-0.05, 0) is 44.4 Å². The Hall–Kier alpha value is -3.14. The predicted octanol–water partition coefficient (Wildman–Crippen LogP) is 4.72. The first-order chi connectivity index (χ1) is 16.3. The molecular formula is C24H25ClF2N4O3. The normalized spacial score (nSPS) is 11.8. The summed E-state index contributed by atoms with van der Waals surface area (Å²) in [7, 11) is 5.27. The highest BCUT2D eigenvalue weighted by atomic mass is 35.5. The number of hydrogen-bond acceptors (Lipinski definition) is 7. The van der Waals surface area contributed by atoms with Gasteiger partial charge in [-0.2, -0.15) is 0 Å². The number of carbonyl (C=O) groups excluding carboxylic acids is 1. The SMILES string of the molecule is COc1cc2ncnc(Nc3ccc(F)c(Cl)c3)c2cc1CC(=O)C(F)=CCOCCN(C)C. The van der Waals surface area contributed by atoms with Crippen LogP contribution in [0.4, 0.5) is 20.3 Å². The van der Waals surface area contributed by atoms with Gasteiger partial charge in [0.1, 0.15) is 23.7 Å². The van der Waals surface area contributed by atoms with Crippen molar-refractivity contribution in [1.29, 1.82) is 0 Å². The molecule has 0 saturated heterocycles. The van der Waals surface area contributed by atoms with Crippen LogP contribution in [0.2, 0.25) is 5.02 Å². The third-order valence-electron chi connectivity index (χ3n) is 4.90.